The Morgan fingerprint density at radius 2 is 1.81 bits per heavy atom. The highest BCUT2D eigenvalue weighted by molar-refractivity contribution is 5.94. The fourth-order valence-corrected chi connectivity index (χ4v) is 3.01. The average molecular weight is 367 g/mol. The van der Waals surface area contributed by atoms with Gasteiger partial charge in [-0.25, -0.2) is 24.0 Å². The van der Waals surface area contributed by atoms with Gasteiger partial charge in [0.05, 0.1) is 0 Å². The van der Waals surface area contributed by atoms with Gasteiger partial charge in [0.1, 0.15) is 30.6 Å². The number of aryl methyl sites for hydroxylation is 1. The van der Waals surface area contributed by atoms with Gasteiger partial charge in [-0.3, -0.25) is 4.79 Å². The number of halogens is 1. The molecule has 0 aliphatic carbocycles. The van der Waals surface area contributed by atoms with Gasteiger partial charge in [0.2, 0.25) is 0 Å². The van der Waals surface area contributed by atoms with Gasteiger partial charge in [0, 0.05) is 37.8 Å². The van der Waals surface area contributed by atoms with Crippen molar-refractivity contribution in [3.8, 4) is 5.82 Å². The molecule has 1 aliphatic heterocycles. The summed E-state index contributed by atoms with van der Waals surface area (Å²) in [6.45, 7) is 4.02. The molecule has 1 saturated heterocycles. The molecule has 9 heteroatoms. The normalized spacial score (nSPS) is 14.4. The van der Waals surface area contributed by atoms with E-state index in [9.17, 15) is 9.18 Å². The summed E-state index contributed by atoms with van der Waals surface area (Å²) in [5.41, 5.74) is 0.908. The fourth-order valence-electron chi connectivity index (χ4n) is 3.01. The monoisotopic (exact) mass is 367 g/mol. The molecule has 1 fully saturated rings. The second-order valence-corrected chi connectivity index (χ2v) is 6.32. The highest BCUT2D eigenvalue weighted by atomic mass is 19.1. The van der Waals surface area contributed by atoms with Crippen molar-refractivity contribution in [3.63, 3.8) is 0 Å². The molecule has 1 aliphatic rings. The third-order valence-corrected chi connectivity index (χ3v) is 4.60. The van der Waals surface area contributed by atoms with E-state index in [0.717, 1.165) is 5.82 Å². The third kappa shape index (κ3) is 3.48. The van der Waals surface area contributed by atoms with E-state index in [1.54, 1.807) is 35.0 Å². The van der Waals surface area contributed by atoms with E-state index in [1.165, 1.54) is 18.7 Å². The number of carbonyl (C=O) groups is 1. The first kappa shape index (κ1) is 17.1. The number of carbonyl (C=O) groups excluding carboxylic acids is 1. The van der Waals surface area contributed by atoms with E-state index >= 15 is 0 Å². The zero-order chi connectivity index (χ0) is 18.8. The lowest BCUT2D eigenvalue weighted by atomic mass is 10.1. The average Bonchev–Trinajstić information content (AvgIpc) is 3.25. The van der Waals surface area contributed by atoms with Gasteiger partial charge in [-0.2, -0.15) is 5.10 Å². The van der Waals surface area contributed by atoms with Crippen LogP contribution in [0.5, 0.6) is 0 Å². The highest BCUT2D eigenvalue weighted by Gasteiger charge is 2.23. The van der Waals surface area contributed by atoms with Crippen LogP contribution in [0, 0.1) is 12.7 Å². The van der Waals surface area contributed by atoms with Crippen molar-refractivity contribution >= 4 is 11.7 Å². The number of hydrogen-bond donors (Lipinski definition) is 0. The second kappa shape index (κ2) is 7.10. The summed E-state index contributed by atoms with van der Waals surface area (Å²) < 4.78 is 15.3. The maximum atomic E-state index is 13.7. The first-order valence-electron chi connectivity index (χ1n) is 8.59. The predicted molar refractivity (Wildman–Crippen MR) is 96.2 cm³/mol. The Kier molecular flexibility index (Phi) is 4.49. The molecule has 3 aromatic rings. The highest BCUT2D eigenvalue weighted by Crippen LogP contribution is 2.17. The summed E-state index contributed by atoms with van der Waals surface area (Å²) in [6, 6.07) is 6.44. The lowest BCUT2D eigenvalue weighted by Crippen LogP contribution is -2.49. The van der Waals surface area contributed by atoms with Crippen LogP contribution in [0.1, 0.15) is 15.9 Å². The quantitative estimate of drug-likeness (QED) is 0.697. The van der Waals surface area contributed by atoms with Crippen molar-refractivity contribution in [2.45, 2.75) is 6.92 Å². The zero-order valence-corrected chi connectivity index (χ0v) is 14.8. The number of nitrogens with zero attached hydrogens (tertiary/aromatic N) is 7. The molecular formula is C18H18FN7O. The Labute approximate surface area is 155 Å². The Morgan fingerprint density at radius 1 is 1.04 bits per heavy atom. The molecule has 0 N–H and O–H groups in total. The lowest BCUT2D eigenvalue weighted by molar-refractivity contribution is 0.0746. The Hall–Kier alpha value is -3.36. The zero-order valence-electron chi connectivity index (χ0n) is 14.8. The van der Waals surface area contributed by atoms with Crippen molar-refractivity contribution in [1.82, 2.24) is 29.6 Å². The van der Waals surface area contributed by atoms with Crippen molar-refractivity contribution in [2.75, 3.05) is 31.1 Å². The summed E-state index contributed by atoms with van der Waals surface area (Å²) in [6.07, 6.45) is 4.50. The van der Waals surface area contributed by atoms with Crippen LogP contribution in [0.2, 0.25) is 0 Å². The maximum absolute atomic E-state index is 13.7. The van der Waals surface area contributed by atoms with Crippen LogP contribution in [-0.4, -0.2) is 61.7 Å². The van der Waals surface area contributed by atoms with Gasteiger partial charge < -0.3 is 9.80 Å². The summed E-state index contributed by atoms with van der Waals surface area (Å²) in [7, 11) is 0. The van der Waals surface area contributed by atoms with Gasteiger partial charge in [-0.05, 0) is 24.6 Å². The Balaban J connectivity index is 1.44. The van der Waals surface area contributed by atoms with Crippen LogP contribution >= 0.6 is 0 Å². The first-order chi connectivity index (χ1) is 13.1. The molecule has 0 bridgehead atoms. The van der Waals surface area contributed by atoms with Gasteiger partial charge >= 0.3 is 0 Å². The number of amides is 1. The molecule has 2 aromatic heterocycles. The lowest BCUT2D eigenvalue weighted by Gasteiger charge is -2.35. The van der Waals surface area contributed by atoms with Crippen LogP contribution in [0.15, 0.2) is 43.2 Å². The maximum Gasteiger partial charge on any atom is 0.254 e. The summed E-state index contributed by atoms with van der Waals surface area (Å²) in [5, 5.41) is 4.07. The first-order valence-corrected chi connectivity index (χ1v) is 8.59. The molecule has 4 rings (SSSR count). The van der Waals surface area contributed by atoms with E-state index in [4.69, 9.17) is 0 Å². The molecule has 1 amide bonds. The van der Waals surface area contributed by atoms with E-state index in [2.05, 4.69) is 25.0 Å². The number of piperazine rings is 1. The predicted octanol–water partition coefficient (Wildman–Crippen LogP) is 1.47. The van der Waals surface area contributed by atoms with Gasteiger partial charge in [0.15, 0.2) is 5.82 Å². The summed E-state index contributed by atoms with van der Waals surface area (Å²) in [5.74, 6) is 0.885. The van der Waals surface area contributed by atoms with Gasteiger partial charge in [-0.1, -0.05) is 6.07 Å². The van der Waals surface area contributed by atoms with Crippen LogP contribution in [0.25, 0.3) is 5.82 Å². The summed E-state index contributed by atoms with van der Waals surface area (Å²) in [4.78, 5) is 28.9. The van der Waals surface area contributed by atoms with Gasteiger partial charge in [0.25, 0.3) is 5.91 Å². The van der Waals surface area contributed by atoms with Crippen molar-refractivity contribution in [3.05, 3.63) is 60.2 Å². The SMILES string of the molecule is Cc1ccc(C(=O)N2CCN(c3cc(-n4cncn4)ncn3)CC2)cc1F. The Morgan fingerprint density at radius 3 is 2.52 bits per heavy atom. The molecule has 0 atom stereocenters. The summed E-state index contributed by atoms with van der Waals surface area (Å²) >= 11 is 0. The molecule has 1 aromatic carbocycles. The van der Waals surface area contributed by atoms with Crippen molar-refractivity contribution in [1.29, 1.82) is 0 Å². The van der Waals surface area contributed by atoms with E-state index in [0.29, 0.717) is 43.1 Å². The van der Waals surface area contributed by atoms with Crippen LogP contribution in [0.4, 0.5) is 10.2 Å². The molecule has 138 valence electrons. The minimum Gasteiger partial charge on any atom is -0.353 e. The molecule has 0 unspecified atom stereocenters. The number of hydrogen-bond acceptors (Lipinski definition) is 6. The topological polar surface area (TPSA) is 80.0 Å². The Bertz CT molecular complexity index is 952. The van der Waals surface area contributed by atoms with Crippen LogP contribution < -0.4 is 4.90 Å². The van der Waals surface area contributed by atoms with Crippen molar-refractivity contribution in [2.24, 2.45) is 0 Å². The number of rotatable bonds is 3. The molecule has 3 heterocycles. The number of benzene rings is 1. The molecule has 27 heavy (non-hydrogen) atoms. The van der Waals surface area contributed by atoms with E-state index < -0.39 is 0 Å². The minimum atomic E-state index is -0.360. The van der Waals surface area contributed by atoms with Crippen LogP contribution in [-0.2, 0) is 0 Å². The molecular weight excluding hydrogens is 349 g/mol. The molecule has 0 spiro atoms. The van der Waals surface area contributed by atoms with Gasteiger partial charge in [-0.15, -0.1) is 0 Å². The third-order valence-electron chi connectivity index (χ3n) is 4.60. The largest absolute Gasteiger partial charge is 0.353 e. The standard InChI is InChI=1S/C18H18FN7O/c1-13-2-3-14(8-15(13)19)18(27)25-6-4-24(5-7-25)16-9-17(22-11-21-16)26-12-20-10-23-26/h2-3,8-12H,4-7H2,1H3. The minimum absolute atomic E-state index is 0.153. The number of anilines is 1. The molecule has 0 saturated carbocycles. The smallest absolute Gasteiger partial charge is 0.254 e. The fraction of sp³-hybridized carbons (Fsp3) is 0.278. The molecule has 8 nitrogen and oxygen atoms in total. The van der Waals surface area contributed by atoms with E-state index in [1.807, 2.05) is 6.07 Å². The van der Waals surface area contributed by atoms with Crippen LogP contribution in [0.3, 0.4) is 0 Å². The van der Waals surface area contributed by atoms with E-state index in [-0.39, 0.29) is 11.7 Å². The second-order valence-electron chi connectivity index (χ2n) is 6.32. The molecule has 0 radical (unpaired) electrons. The number of aromatic nitrogens is 5. The van der Waals surface area contributed by atoms with Crippen molar-refractivity contribution < 1.29 is 9.18 Å².